The largest absolute Gasteiger partial charge is 0.494 e. The van der Waals surface area contributed by atoms with Crippen molar-refractivity contribution < 1.29 is 9.13 Å². The van der Waals surface area contributed by atoms with Crippen molar-refractivity contribution in [3.63, 3.8) is 0 Å². The van der Waals surface area contributed by atoms with E-state index in [1.165, 1.54) is 7.11 Å². The summed E-state index contributed by atoms with van der Waals surface area (Å²) in [6, 6.07) is 5.21. The molecule has 0 fully saturated rings. The van der Waals surface area contributed by atoms with Gasteiger partial charge < -0.3 is 4.74 Å². The van der Waals surface area contributed by atoms with E-state index >= 15 is 0 Å². The zero-order valence-corrected chi connectivity index (χ0v) is 7.60. The Labute approximate surface area is 72.2 Å². The third kappa shape index (κ3) is 1.58. The molecule has 0 N–H and O–H groups in total. The number of hydrogen-bond acceptors (Lipinski definition) is 1. The van der Waals surface area contributed by atoms with Gasteiger partial charge in [0, 0.05) is 0 Å². The van der Waals surface area contributed by atoms with Crippen LogP contribution in [0.2, 0.25) is 0 Å². The maximum atomic E-state index is 13.4. The van der Waals surface area contributed by atoms with Crippen LogP contribution in [-0.2, 0) is 0 Å². The van der Waals surface area contributed by atoms with Crippen molar-refractivity contribution in [2.75, 3.05) is 7.11 Å². The van der Waals surface area contributed by atoms with Gasteiger partial charge in [-0.3, -0.25) is 0 Å². The smallest absolute Gasteiger partial charge is 0.168 e. The molecule has 0 aliphatic heterocycles. The van der Waals surface area contributed by atoms with Gasteiger partial charge in [0.25, 0.3) is 0 Å². The number of halogens is 1. The summed E-state index contributed by atoms with van der Waals surface area (Å²) in [6.45, 7) is 3.91. The molecule has 0 atom stereocenters. The average molecular weight is 168 g/mol. The SMILES string of the molecule is COc1cccc(C(C)C)c1F. The van der Waals surface area contributed by atoms with Crippen LogP contribution in [0, 0.1) is 5.82 Å². The summed E-state index contributed by atoms with van der Waals surface area (Å²) < 4.78 is 18.3. The maximum Gasteiger partial charge on any atom is 0.168 e. The topological polar surface area (TPSA) is 9.23 Å². The van der Waals surface area contributed by atoms with Crippen molar-refractivity contribution in [1.29, 1.82) is 0 Å². The van der Waals surface area contributed by atoms with Gasteiger partial charge in [0.15, 0.2) is 11.6 Å². The van der Waals surface area contributed by atoms with Crippen LogP contribution in [0.1, 0.15) is 25.3 Å². The molecule has 0 saturated carbocycles. The summed E-state index contributed by atoms with van der Waals surface area (Å²) in [6.07, 6.45) is 0. The molecule has 2 heteroatoms. The lowest BCUT2D eigenvalue weighted by Gasteiger charge is -2.09. The van der Waals surface area contributed by atoms with E-state index in [0.29, 0.717) is 11.3 Å². The number of benzene rings is 1. The summed E-state index contributed by atoms with van der Waals surface area (Å²) in [7, 11) is 1.47. The summed E-state index contributed by atoms with van der Waals surface area (Å²) >= 11 is 0. The minimum atomic E-state index is -0.241. The molecule has 66 valence electrons. The van der Waals surface area contributed by atoms with E-state index in [2.05, 4.69) is 0 Å². The molecule has 1 rings (SSSR count). The Morgan fingerprint density at radius 3 is 2.50 bits per heavy atom. The number of ether oxygens (including phenoxy) is 1. The minimum Gasteiger partial charge on any atom is -0.494 e. The monoisotopic (exact) mass is 168 g/mol. The van der Waals surface area contributed by atoms with Crippen molar-refractivity contribution >= 4 is 0 Å². The van der Waals surface area contributed by atoms with Gasteiger partial charge in [0.2, 0.25) is 0 Å². The molecule has 1 aromatic rings. The lowest BCUT2D eigenvalue weighted by atomic mass is 10.0. The van der Waals surface area contributed by atoms with Crippen molar-refractivity contribution in [2.45, 2.75) is 19.8 Å². The summed E-state index contributed by atoms with van der Waals surface area (Å²) in [5.74, 6) is 0.274. The number of rotatable bonds is 2. The lowest BCUT2D eigenvalue weighted by molar-refractivity contribution is 0.383. The van der Waals surface area contributed by atoms with Gasteiger partial charge in [0.05, 0.1) is 7.11 Å². The van der Waals surface area contributed by atoms with Crippen LogP contribution in [0.4, 0.5) is 4.39 Å². The van der Waals surface area contributed by atoms with Gasteiger partial charge >= 0.3 is 0 Å². The highest BCUT2D eigenvalue weighted by Gasteiger charge is 2.10. The molecule has 0 radical (unpaired) electrons. The van der Waals surface area contributed by atoms with Crippen LogP contribution >= 0.6 is 0 Å². The van der Waals surface area contributed by atoms with Gasteiger partial charge in [-0.2, -0.15) is 0 Å². The predicted molar refractivity (Wildman–Crippen MR) is 47.0 cm³/mol. The second-order valence-electron chi connectivity index (χ2n) is 3.02. The van der Waals surface area contributed by atoms with Crippen LogP contribution in [0.5, 0.6) is 5.75 Å². The van der Waals surface area contributed by atoms with Crippen molar-refractivity contribution in [3.8, 4) is 5.75 Å². The van der Waals surface area contributed by atoms with Crippen LogP contribution in [0.25, 0.3) is 0 Å². The molecule has 0 aromatic heterocycles. The third-order valence-corrected chi connectivity index (χ3v) is 1.84. The van der Waals surface area contributed by atoms with E-state index in [-0.39, 0.29) is 11.7 Å². The van der Waals surface area contributed by atoms with Gasteiger partial charge in [-0.05, 0) is 17.5 Å². The summed E-state index contributed by atoms with van der Waals surface area (Å²) in [4.78, 5) is 0. The fraction of sp³-hybridized carbons (Fsp3) is 0.400. The van der Waals surface area contributed by atoms with Crippen molar-refractivity contribution in [1.82, 2.24) is 0 Å². The quantitative estimate of drug-likeness (QED) is 0.659. The van der Waals surface area contributed by atoms with Crippen molar-refractivity contribution in [3.05, 3.63) is 29.6 Å². The lowest BCUT2D eigenvalue weighted by Crippen LogP contribution is -1.96. The fourth-order valence-corrected chi connectivity index (χ4v) is 1.13. The minimum absolute atomic E-state index is 0.195. The first-order valence-corrected chi connectivity index (χ1v) is 3.99. The van der Waals surface area contributed by atoms with E-state index in [0.717, 1.165) is 0 Å². The Hall–Kier alpha value is -1.05. The molecule has 0 bridgehead atoms. The Morgan fingerprint density at radius 1 is 1.33 bits per heavy atom. The van der Waals surface area contributed by atoms with Crippen molar-refractivity contribution in [2.24, 2.45) is 0 Å². The summed E-state index contributed by atoms with van der Waals surface area (Å²) in [5.41, 5.74) is 0.703. The first kappa shape index (κ1) is 9.04. The maximum absolute atomic E-state index is 13.4. The molecule has 12 heavy (non-hydrogen) atoms. The Kier molecular flexibility index (Phi) is 2.69. The molecule has 0 spiro atoms. The second-order valence-corrected chi connectivity index (χ2v) is 3.02. The number of hydrogen-bond donors (Lipinski definition) is 0. The molecule has 0 aliphatic carbocycles. The van der Waals surface area contributed by atoms with Crippen LogP contribution < -0.4 is 4.74 Å². The van der Waals surface area contributed by atoms with Crippen LogP contribution in [-0.4, -0.2) is 7.11 Å². The highest BCUT2D eigenvalue weighted by atomic mass is 19.1. The molecule has 1 nitrogen and oxygen atoms in total. The van der Waals surface area contributed by atoms with E-state index in [4.69, 9.17) is 4.74 Å². The molecule has 0 unspecified atom stereocenters. The van der Waals surface area contributed by atoms with Crippen LogP contribution in [0.15, 0.2) is 18.2 Å². The predicted octanol–water partition coefficient (Wildman–Crippen LogP) is 2.96. The number of methoxy groups -OCH3 is 1. The van der Waals surface area contributed by atoms with Gasteiger partial charge in [0.1, 0.15) is 0 Å². The highest BCUT2D eigenvalue weighted by Crippen LogP contribution is 2.25. The highest BCUT2D eigenvalue weighted by molar-refractivity contribution is 5.32. The first-order chi connectivity index (χ1) is 5.66. The van der Waals surface area contributed by atoms with E-state index < -0.39 is 0 Å². The fourth-order valence-electron chi connectivity index (χ4n) is 1.13. The zero-order valence-electron chi connectivity index (χ0n) is 7.60. The molecular formula is C10H13FO. The van der Waals surface area contributed by atoms with Gasteiger partial charge in [-0.15, -0.1) is 0 Å². The van der Waals surface area contributed by atoms with Gasteiger partial charge in [-0.25, -0.2) is 4.39 Å². The standard InChI is InChI=1S/C10H13FO/c1-7(2)8-5-4-6-9(12-3)10(8)11/h4-7H,1-3H3. The molecule has 0 heterocycles. The Balaban J connectivity index is 3.14. The molecule has 0 saturated heterocycles. The molecule has 1 aromatic carbocycles. The molecular weight excluding hydrogens is 155 g/mol. The first-order valence-electron chi connectivity index (χ1n) is 3.99. The van der Waals surface area contributed by atoms with Gasteiger partial charge in [-0.1, -0.05) is 26.0 Å². The molecule has 0 aliphatic rings. The van der Waals surface area contributed by atoms with E-state index in [1.54, 1.807) is 18.2 Å². The van der Waals surface area contributed by atoms with E-state index in [1.807, 2.05) is 13.8 Å². The molecule has 0 amide bonds. The average Bonchev–Trinajstić information content (AvgIpc) is 2.04. The second kappa shape index (κ2) is 3.57. The third-order valence-electron chi connectivity index (χ3n) is 1.84. The van der Waals surface area contributed by atoms with E-state index in [9.17, 15) is 4.39 Å². The normalized spacial score (nSPS) is 10.4. The Bertz CT molecular complexity index is 269. The Morgan fingerprint density at radius 2 is 2.00 bits per heavy atom. The van der Waals surface area contributed by atoms with Crippen LogP contribution in [0.3, 0.4) is 0 Å². The zero-order chi connectivity index (χ0) is 9.14. The summed E-state index contributed by atoms with van der Waals surface area (Å²) in [5, 5.41) is 0.